The van der Waals surface area contributed by atoms with Gasteiger partial charge in [0.15, 0.2) is 12.6 Å². The second-order valence-corrected chi connectivity index (χ2v) is 21.4. The quantitative estimate of drug-likeness (QED) is 0.0987. The van der Waals surface area contributed by atoms with Crippen molar-refractivity contribution in [3.8, 4) is 0 Å². The van der Waals surface area contributed by atoms with Gasteiger partial charge in [0.2, 0.25) is 0 Å². The van der Waals surface area contributed by atoms with Crippen LogP contribution in [-0.4, -0.2) is 168 Å². The number of methoxy groups -OCH3 is 1. The molecule has 1 aromatic rings. The van der Waals surface area contributed by atoms with Gasteiger partial charge in [-0.15, -0.1) is 0 Å². The van der Waals surface area contributed by atoms with Gasteiger partial charge in [0, 0.05) is 44.8 Å². The minimum atomic E-state index is -4.19. The molecular weight excluding hydrogens is 865 g/mol. The highest BCUT2D eigenvalue weighted by atomic mass is 32.2. The van der Waals surface area contributed by atoms with Gasteiger partial charge in [-0.1, -0.05) is 45.9 Å². The SMILES string of the molecule is CCCNC[C@]1(O)[C@H](C)O[C@@H](O[C@H]2[C@H](C)[C@@H](O[C@@H]3O[C@H](C)C[C@H](N(C)S(=O)(=O)Nc4ccccc4)[C@H]3O)[C@](C)(O)C[C@@H](C)CN[C@H](C)[C@@H](O)[C@](C)(O)[C@@H](CC)OC(=O)[C@@H]2C)C[C@@]1(C)OC. The monoisotopic (exact) mass is 947 g/mol. The smallest absolute Gasteiger partial charge is 0.311 e. The summed E-state index contributed by atoms with van der Waals surface area (Å²) in [5.41, 5.74) is -5.99. The number of carbonyl (C=O) groups is 1. The lowest BCUT2D eigenvalue weighted by Gasteiger charge is -2.53. The maximum Gasteiger partial charge on any atom is 0.311 e. The van der Waals surface area contributed by atoms with Gasteiger partial charge in [-0.3, -0.25) is 9.52 Å². The number of nitrogens with zero attached hydrogens (tertiary/aromatic N) is 1. The molecule has 8 N–H and O–H groups in total. The maximum atomic E-state index is 14.5. The molecule has 0 amide bonds. The number of benzene rings is 1. The highest BCUT2D eigenvalue weighted by molar-refractivity contribution is 7.90. The van der Waals surface area contributed by atoms with Crippen molar-refractivity contribution >= 4 is 21.9 Å². The first-order chi connectivity index (χ1) is 30.2. The summed E-state index contributed by atoms with van der Waals surface area (Å²) in [6, 6.07) is 6.67. The lowest BCUT2D eigenvalue weighted by Crippen LogP contribution is -2.70. The first kappa shape index (κ1) is 55.5. The minimum Gasteiger partial charge on any atom is -0.459 e. The Labute approximate surface area is 387 Å². The first-order valence-electron chi connectivity index (χ1n) is 23.3. The third kappa shape index (κ3) is 12.8. The van der Waals surface area contributed by atoms with Crippen LogP contribution in [0.4, 0.5) is 5.69 Å². The lowest BCUT2D eigenvalue weighted by atomic mass is 9.75. The van der Waals surface area contributed by atoms with E-state index in [1.165, 1.54) is 21.1 Å². The number of anilines is 1. The van der Waals surface area contributed by atoms with Gasteiger partial charge in [0.1, 0.15) is 35.1 Å². The van der Waals surface area contributed by atoms with Crippen LogP contribution in [0.25, 0.3) is 0 Å². The third-order valence-electron chi connectivity index (χ3n) is 14.2. The second-order valence-electron chi connectivity index (χ2n) is 19.7. The van der Waals surface area contributed by atoms with Crippen molar-refractivity contribution in [3.63, 3.8) is 0 Å². The zero-order valence-corrected chi connectivity index (χ0v) is 41.7. The summed E-state index contributed by atoms with van der Waals surface area (Å²) >= 11 is 0. The van der Waals surface area contributed by atoms with Crippen LogP contribution < -0.4 is 15.4 Å². The summed E-state index contributed by atoms with van der Waals surface area (Å²) in [4.78, 5) is 14.5. The van der Waals surface area contributed by atoms with E-state index >= 15 is 0 Å². The predicted octanol–water partition coefficient (Wildman–Crippen LogP) is 2.66. The van der Waals surface area contributed by atoms with E-state index in [1.807, 2.05) is 13.8 Å². The molecule has 0 unspecified atom stereocenters. The number of aliphatic hydroxyl groups is 5. The third-order valence-corrected chi connectivity index (χ3v) is 15.7. The number of hydrogen-bond donors (Lipinski definition) is 8. The second kappa shape index (κ2) is 22.6. The van der Waals surface area contributed by atoms with Crippen LogP contribution >= 0.6 is 0 Å². The molecule has 18 atom stereocenters. The minimum absolute atomic E-state index is 0.0194. The summed E-state index contributed by atoms with van der Waals surface area (Å²) in [5.74, 6) is -3.13. The summed E-state index contributed by atoms with van der Waals surface area (Å²) < 4.78 is 69.4. The fourth-order valence-corrected chi connectivity index (χ4v) is 11.1. The van der Waals surface area contributed by atoms with Gasteiger partial charge >= 0.3 is 16.2 Å². The lowest BCUT2D eigenvalue weighted by molar-refractivity contribution is -0.336. The van der Waals surface area contributed by atoms with Gasteiger partial charge in [0.25, 0.3) is 0 Å². The number of para-hydroxylation sites is 1. The van der Waals surface area contributed by atoms with Crippen molar-refractivity contribution in [2.75, 3.05) is 38.5 Å². The summed E-state index contributed by atoms with van der Waals surface area (Å²) in [6.45, 7) is 20.0. The Kier molecular flexibility index (Phi) is 19.3. The number of nitrogens with one attached hydrogen (secondary N) is 3. The molecule has 1 aromatic carbocycles. The molecule has 3 aliphatic heterocycles. The Hall–Kier alpha value is -2.08. The van der Waals surface area contributed by atoms with Crippen molar-refractivity contribution in [1.82, 2.24) is 14.9 Å². The fourth-order valence-electron chi connectivity index (χ4n) is 9.96. The van der Waals surface area contributed by atoms with Crippen LogP contribution in [0.15, 0.2) is 30.3 Å². The highest BCUT2D eigenvalue weighted by Gasteiger charge is 2.58. The Bertz CT molecular complexity index is 1760. The predicted molar refractivity (Wildman–Crippen MR) is 245 cm³/mol. The van der Waals surface area contributed by atoms with Crippen molar-refractivity contribution in [2.24, 2.45) is 17.8 Å². The molecule has 0 aliphatic carbocycles. The molecule has 19 heteroatoms. The number of esters is 1. The molecule has 3 fully saturated rings. The van der Waals surface area contributed by atoms with E-state index in [4.69, 9.17) is 28.4 Å². The maximum absolute atomic E-state index is 14.5. The van der Waals surface area contributed by atoms with Gasteiger partial charge in [-0.25, -0.2) is 0 Å². The molecule has 4 rings (SSSR count). The zero-order chi connectivity index (χ0) is 48.9. The highest BCUT2D eigenvalue weighted by Crippen LogP contribution is 2.43. The first-order valence-corrected chi connectivity index (χ1v) is 24.8. The van der Waals surface area contributed by atoms with Gasteiger partial charge in [-0.2, -0.15) is 12.7 Å². The van der Waals surface area contributed by atoms with E-state index < -0.39 is 118 Å². The van der Waals surface area contributed by atoms with Crippen molar-refractivity contribution in [2.45, 2.75) is 198 Å². The van der Waals surface area contributed by atoms with Crippen molar-refractivity contribution in [3.05, 3.63) is 30.3 Å². The van der Waals surface area contributed by atoms with Crippen LogP contribution in [0.1, 0.15) is 108 Å². The molecule has 0 spiro atoms. The van der Waals surface area contributed by atoms with E-state index in [0.29, 0.717) is 12.2 Å². The van der Waals surface area contributed by atoms with Crippen LogP contribution in [0, 0.1) is 17.8 Å². The normalized spacial score (nSPS) is 43.0. The molecule has 3 aliphatic rings. The molecule has 0 bridgehead atoms. The number of carbonyl (C=O) groups excluding carboxylic acids is 1. The van der Waals surface area contributed by atoms with Crippen molar-refractivity contribution in [1.29, 1.82) is 0 Å². The van der Waals surface area contributed by atoms with E-state index in [2.05, 4.69) is 15.4 Å². The van der Waals surface area contributed by atoms with E-state index in [-0.39, 0.29) is 44.7 Å². The average Bonchev–Trinajstić information content (AvgIpc) is 3.24. The molecular formula is C46H82N4O14S. The average molecular weight is 947 g/mol. The van der Waals surface area contributed by atoms with E-state index in [0.717, 1.165) is 10.7 Å². The van der Waals surface area contributed by atoms with Gasteiger partial charge in [-0.05, 0) is 105 Å². The molecule has 376 valence electrons. The van der Waals surface area contributed by atoms with Crippen LogP contribution in [0.5, 0.6) is 0 Å². The molecule has 3 saturated heterocycles. The Morgan fingerprint density at radius 1 is 0.954 bits per heavy atom. The zero-order valence-electron chi connectivity index (χ0n) is 40.9. The molecule has 0 saturated carbocycles. The number of rotatable bonds is 14. The number of cyclic esters (lactones) is 1. The fraction of sp³-hybridized carbons (Fsp3) is 0.848. The van der Waals surface area contributed by atoms with Crippen LogP contribution in [0.2, 0.25) is 0 Å². The van der Waals surface area contributed by atoms with Crippen LogP contribution in [0.3, 0.4) is 0 Å². The van der Waals surface area contributed by atoms with E-state index in [1.54, 1.807) is 85.7 Å². The topological polar surface area (TPSA) is 247 Å². The van der Waals surface area contributed by atoms with Gasteiger partial charge in [0.05, 0.1) is 42.0 Å². The number of hydrogen-bond acceptors (Lipinski definition) is 16. The van der Waals surface area contributed by atoms with Crippen LogP contribution in [-0.2, 0) is 43.4 Å². The molecule has 18 nitrogen and oxygen atoms in total. The number of ether oxygens (including phenoxy) is 6. The molecule has 65 heavy (non-hydrogen) atoms. The number of aliphatic hydroxyl groups excluding tert-OH is 2. The van der Waals surface area contributed by atoms with Gasteiger partial charge < -0.3 is 64.6 Å². The largest absolute Gasteiger partial charge is 0.459 e. The van der Waals surface area contributed by atoms with Crippen molar-refractivity contribution < 1.29 is 67.2 Å². The Morgan fingerprint density at radius 2 is 1.60 bits per heavy atom. The summed E-state index contributed by atoms with van der Waals surface area (Å²) in [7, 11) is -1.33. The standard InChI is InChI=1S/C46H82N4O14S/c1-14-21-47-26-46(56)32(8)61-36(24-44(46,10)59-13)63-38-29(5)40(64-42-37(51)34(22-28(4)60-42)50(12)65(57,58)49-33-19-17-16-18-20-33)43(9,54)23-27(3)25-48-31(7)39(52)45(11,55)35(15-2)62-41(53)30(38)6/h16-20,27-32,34-40,42,47-49,51-52,54-56H,14-15,21-26H2,1-13H3/t27-,28-,29+,30-,31-,32+,34+,35-,36+,37-,38+,39-,40-,42+,43-,44-,45-,46+/m1/s1. The van der Waals surface area contributed by atoms with E-state index in [9.17, 15) is 38.7 Å². The number of likely N-dealkylation sites (N-methyl/N-ethyl adjacent to an activating group) is 1. The Balaban J connectivity index is 1.80. The molecule has 0 aromatic heterocycles. The molecule has 3 heterocycles. The Morgan fingerprint density at radius 3 is 2.20 bits per heavy atom. The summed E-state index contributed by atoms with van der Waals surface area (Å²) in [6.07, 6.45) is -9.30. The summed E-state index contributed by atoms with van der Waals surface area (Å²) in [5, 5.41) is 66.6. The molecule has 0 radical (unpaired) electrons.